The molecule has 0 atom stereocenters. The van der Waals surface area contributed by atoms with Crippen molar-refractivity contribution in [2.45, 2.75) is 23.4 Å². The molecular formula is C14H11F3N4O2S2. The van der Waals surface area contributed by atoms with E-state index in [1.54, 1.807) is 0 Å². The molecule has 0 aliphatic heterocycles. The van der Waals surface area contributed by atoms with Crippen LogP contribution in [0.25, 0.3) is 0 Å². The van der Waals surface area contributed by atoms with Crippen molar-refractivity contribution >= 4 is 33.9 Å². The van der Waals surface area contributed by atoms with Gasteiger partial charge in [-0.3, -0.25) is 0 Å². The first-order valence-electron chi connectivity index (χ1n) is 6.89. The summed E-state index contributed by atoms with van der Waals surface area (Å²) in [5, 5.41) is 15.4. The number of aromatic nitrogens is 3. The van der Waals surface area contributed by atoms with Gasteiger partial charge in [0, 0.05) is 17.5 Å². The minimum Gasteiger partial charge on any atom is -0.406 e. The highest BCUT2D eigenvalue weighted by Crippen LogP contribution is 2.30. The second-order valence-corrected chi connectivity index (χ2v) is 6.99. The molecule has 3 aromatic rings. The van der Waals surface area contributed by atoms with E-state index in [0.29, 0.717) is 16.6 Å². The fraction of sp³-hybridized carbons (Fsp3) is 0.214. The Morgan fingerprint density at radius 2 is 2.00 bits per heavy atom. The maximum atomic E-state index is 12.1. The van der Waals surface area contributed by atoms with E-state index in [2.05, 4.69) is 25.4 Å². The predicted octanol–water partition coefficient (Wildman–Crippen LogP) is 4.77. The number of aryl methyl sites for hydroxylation is 1. The van der Waals surface area contributed by atoms with Crippen LogP contribution in [0.4, 0.5) is 24.0 Å². The predicted molar refractivity (Wildman–Crippen MR) is 87.1 cm³/mol. The summed E-state index contributed by atoms with van der Waals surface area (Å²) in [7, 11) is 0. The van der Waals surface area contributed by atoms with Gasteiger partial charge in [-0.2, -0.15) is 0 Å². The fourth-order valence-corrected chi connectivity index (χ4v) is 3.46. The molecule has 0 spiro atoms. The number of benzene rings is 1. The van der Waals surface area contributed by atoms with Gasteiger partial charge >= 0.3 is 6.36 Å². The zero-order valence-corrected chi connectivity index (χ0v) is 14.3. The molecule has 0 radical (unpaired) electrons. The average molecular weight is 388 g/mol. The number of halogens is 3. The van der Waals surface area contributed by atoms with E-state index in [4.69, 9.17) is 4.52 Å². The van der Waals surface area contributed by atoms with Gasteiger partial charge in [-0.15, -0.1) is 23.4 Å². The van der Waals surface area contributed by atoms with E-state index >= 15 is 0 Å². The van der Waals surface area contributed by atoms with Crippen LogP contribution in [0.2, 0.25) is 0 Å². The van der Waals surface area contributed by atoms with Gasteiger partial charge < -0.3 is 14.6 Å². The van der Waals surface area contributed by atoms with Gasteiger partial charge in [-0.05, 0) is 31.2 Å². The molecule has 6 nitrogen and oxygen atoms in total. The highest BCUT2D eigenvalue weighted by atomic mass is 32.2. The number of ether oxygens (including phenoxy) is 1. The van der Waals surface area contributed by atoms with Gasteiger partial charge in [0.2, 0.25) is 5.13 Å². The number of rotatable bonds is 6. The lowest BCUT2D eigenvalue weighted by atomic mass is 10.3. The first-order chi connectivity index (χ1) is 11.9. The molecule has 0 bridgehead atoms. The van der Waals surface area contributed by atoms with Crippen LogP contribution in [0.3, 0.4) is 0 Å². The molecule has 11 heteroatoms. The molecular weight excluding hydrogens is 377 g/mol. The fourth-order valence-electron chi connectivity index (χ4n) is 1.80. The summed E-state index contributed by atoms with van der Waals surface area (Å²) < 4.78 is 45.9. The van der Waals surface area contributed by atoms with Crippen LogP contribution >= 0.6 is 23.1 Å². The minimum atomic E-state index is -4.71. The van der Waals surface area contributed by atoms with Crippen LogP contribution in [0.1, 0.15) is 11.5 Å². The molecule has 0 aliphatic rings. The summed E-state index contributed by atoms with van der Waals surface area (Å²) in [6.07, 6.45) is -4.71. The Labute approximate surface area is 148 Å². The lowest BCUT2D eigenvalue weighted by molar-refractivity contribution is -0.274. The van der Waals surface area contributed by atoms with Crippen molar-refractivity contribution in [1.29, 1.82) is 0 Å². The number of nitrogens with one attached hydrogen (secondary N) is 1. The summed E-state index contributed by atoms with van der Waals surface area (Å²) in [5.74, 6) is 1.07. The van der Waals surface area contributed by atoms with Gasteiger partial charge in [0.25, 0.3) is 0 Å². The highest BCUT2D eigenvalue weighted by Gasteiger charge is 2.30. The molecule has 132 valence electrons. The number of thioether (sulfide) groups is 1. The van der Waals surface area contributed by atoms with Crippen LogP contribution in [-0.4, -0.2) is 21.7 Å². The lowest BCUT2D eigenvalue weighted by Crippen LogP contribution is -2.16. The van der Waals surface area contributed by atoms with Crippen molar-refractivity contribution in [1.82, 2.24) is 15.4 Å². The zero-order valence-electron chi connectivity index (χ0n) is 12.7. The van der Waals surface area contributed by atoms with Crippen LogP contribution < -0.4 is 10.1 Å². The van der Waals surface area contributed by atoms with Crippen molar-refractivity contribution < 1.29 is 22.4 Å². The summed E-state index contributed by atoms with van der Waals surface area (Å²) in [6.45, 7) is 1.82. The Morgan fingerprint density at radius 3 is 2.64 bits per heavy atom. The number of hydrogen-bond acceptors (Lipinski definition) is 8. The monoisotopic (exact) mass is 388 g/mol. The normalized spacial score (nSPS) is 11.5. The smallest absolute Gasteiger partial charge is 0.406 e. The van der Waals surface area contributed by atoms with E-state index in [1.165, 1.54) is 47.4 Å². The second kappa shape index (κ2) is 7.31. The van der Waals surface area contributed by atoms with Gasteiger partial charge in [0.15, 0.2) is 4.34 Å². The molecule has 1 aromatic carbocycles. The van der Waals surface area contributed by atoms with Crippen LogP contribution in [0.5, 0.6) is 5.75 Å². The van der Waals surface area contributed by atoms with Crippen molar-refractivity contribution in [3.8, 4) is 5.75 Å². The third-order valence-corrected chi connectivity index (χ3v) is 4.77. The molecule has 0 fully saturated rings. The lowest BCUT2D eigenvalue weighted by Gasteiger charge is -2.09. The Hall–Kier alpha value is -2.27. The largest absolute Gasteiger partial charge is 0.573 e. The summed E-state index contributed by atoms with van der Waals surface area (Å²) >= 11 is 2.79. The summed E-state index contributed by atoms with van der Waals surface area (Å²) in [5.41, 5.74) is 1.39. The Morgan fingerprint density at radius 1 is 1.24 bits per heavy atom. The van der Waals surface area contributed by atoms with E-state index in [0.717, 1.165) is 15.8 Å². The van der Waals surface area contributed by atoms with Crippen molar-refractivity contribution in [3.05, 3.63) is 41.8 Å². The SMILES string of the molecule is Cc1cc(CSc2nnc(Nc3ccc(OC(F)(F)F)cc3)s2)no1. The third kappa shape index (κ3) is 5.36. The third-order valence-electron chi connectivity index (χ3n) is 2.77. The molecule has 0 aliphatic carbocycles. The quantitative estimate of drug-likeness (QED) is 0.610. The van der Waals surface area contributed by atoms with E-state index in [-0.39, 0.29) is 5.75 Å². The van der Waals surface area contributed by atoms with Gasteiger partial charge in [-0.25, -0.2) is 0 Å². The molecule has 3 rings (SSSR count). The Kier molecular flexibility index (Phi) is 5.13. The van der Waals surface area contributed by atoms with Crippen LogP contribution in [-0.2, 0) is 5.75 Å². The maximum Gasteiger partial charge on any atom is 0.573 e. The maximum absolute atomic E-state index is 12.1. The molecule has 0 saturated heterocycles. The first kappa shape index (κ1) is 17.5. The second-order valence-electron chi connectivity index (χ2n) is 4.79. The minimum absolute atomic E-state index is 0.283. The van der Waals surface area contributed by atoms with E-state index in [1.807, 2.05) is 13.0 Å². The Balaban J connectivity index is 1.55. The molecule has 0 saturated carbocycles. The topological polar surface area (TPSA) is 73.1 Å². The van der Waals surface area contributed by atoms with Gasteiger partial charge in [0.1, 0.15) is 11.5 Å². The average Bonchev–Trinajstić information content (AvgIpc) is 3.15. The molecule has 2 heterocycles. The van der Waals surface area contributed by atoms with Crippen LogP contribution in [0.15, 0.2) is 39.2 Å². The molecule has 0 amide bonds. The van der Waals surface area contributed by atoms with E-state index in [9.17, 15) is 13.2 Å². The number of hydrogen-bond donors (Lipinski definition) is 1. The number of nitrogens with zero attached hydrogens (tertiary/aromatic N) is 3. The number of alkyl halides is 3. The zero-order chi connectivity index (χ0) is 17.9. The highest BCUT2D eigenvalue weighted by molar-refractivity contribution is 8.00. The van der Waals surface area contributed by atoms with Gasteiger partial charge in [0.05, 0.1) is 5.69 Å². The molecule has 25 heavy (non-hydrogen) atoms. The first-order valence-corrected chi connectivity index (χ1v) is 8.69. The van der Waals surface area contributed by atoms with Crippen molar-refractivity contribution in [2.75, 3.05) is 5.32 Å². The van der Waals surface area contributed by atoms with E-state index < -0.39 is 6.36 Å². The standard InChI is InChI=1S/C14H11F3N4O2S2/c1-8-6-10(21-23-8)7-24-13-20-19-12(25-13)18-9-2-4-11(5-3-9)22-14(15,16)17/h2-6H,7H2,1H3,(H,18,19). The van der Waals surface area contributed by atoms with Crippen molar-refractivity contribution in [2.24, 2.45) is 0 Å². The Bertz CT molecular complexity index is 833. The van der Waals surface area contributed by atoms with Crippen molar-refractivity contribution in [3.63, 3.8) is 0 Å². The van der Waals surface area contributed by atoms with Crippen LogP contribution in [0, 0.1) is 6.92 Å². The number of anilines is 2. The molecule has 2 aromatic heterocycles. The summed E-state index contributed by atoms with van der Waals surface area (Å²) in [4.78, 5) is 0. The summed E-state index contributed by atoms with van der Waals surface area (Å²) in [6, 6.07) is 7.22. The van der Waals surface area contributed by atoms with Gasteiger partial charge in [-0.1, -0.05) is 28.3 Å². The molecule has 0 unspecified atom stereocenters. The molecule has 1 N–H and O–H groups in total.